The van der Waals surface area contributed by atoms with Crippen LogP contribution in [0.5, 0.6) is 11.5 Å². The molecule has 0 aliphatic heterocycles. The summed E-state index contributed by atoms with van der Waals surface area (Å²) in [4.78, 5) is 9.57. The van der Waals surface area contributed by atoms with Crippen LogP contribution in [0.15, 0.2) is 110 Å². The second-order valence-corrected chi connectivity index (χ2v) is 12.0. The number of fused-ring (bicyclic) bond motifs is 3. The summed E-state index contributed by atoms with van der Waals surface area (Å²) in [6.45, 7) is 8.66. The zero-order valence-corrected chi connectivity index (χ0v) is 25.8. The first kappa shape index (κ1) is 28.1. The Bertz CT molecular complexity index is 2210. The maximum atomic E-state index is 9.60. The van der Waals surface area contributed by atoms with Crippen LogP contribution in [-0.2, 0) is 6.42 Å². The summed E-state index contributed by atoms with van der Waals surface area (Å²) >= 11 is 0. The van der Waals surface area contributed by atoms with Crippen LogP contribution in [0.1, 0.15) is 36.1 Å². The normalized spacial score (nSPS) is 11.4. The van der Waals surface area contributed by atoms with Gasteiger partial charge in [-0.2, -0.15) is 5.26 Å². The number of aromatic nitrogens is 4. The Labute approximate surface area is 262 Å². The fourth-order valence-electron chi connectivity index (χ4n) is 6.18. The molecule has 4 aromatic carbocycles. The van der Waals surface area contributed by atoms with E-state index in [2.05, 4.69) is 85.5 Å². The number of imidazole rings is 1. The van der Waals surface area contributed by atoms with Crippen molar-refractivity contribution in [2.75, 3.05) is 0 Å². The third kappa shape index (κ3) is 5.34. The summed E-state index contributed by atoms with van der Waals surface area (Å²) < 4.78 is 10.7. The van der Waals surface area contributed by atoms with E-state index in [1.54, 1.807) is 0 Å². The molecule has 0 aliphatic carbocycles. The van der Waals surface area contributed by atoms with Crippen molar-refractivity contribution in [3.05, 3.63) is 132 Å². The molecule has 0 aliphatic rings. The first-order valence-corrected chi connectivity index (χ1v) is 15.2. The first-order chi connectivity index (χ1) is 21.9. The first-order valence-electron chi connectivity index (χ1n) is 15.2. The molecule has 45 heavy (non-hydrogen) atoms. The minimum atomic E-state index is 0.557. The van der Waals surface area contributed by atoms with Crippen LogP contribution in [-0.4, -0.2) is 19.1 Å². The number of para-hydroxylation sites is 1. The lowest BCUT2D eigenvalue weighted by Crippen LogP contribution is -2.00. The average molecular weight is 588 g/mol. The number of hydrogen-bond acceptors (Lipinski definition) is 4. The van der Waals surface area contributed by atoms with E-state index in [1.807, 2.05) is 67.1 Å². The van der Waals surface area contributed by atoms with Crippen LogP contribution in [0.4, 0.5) is 0 Å². The number of rotatable bonds is 7. The second kappa shape index (κ2) is 11.4. The molecule has 0 atom stereocenters. The van der Waals surface area contributed by atoms with E-state index in [-0.39, 0.29) is 0 Å². The van der Waals surface area contributed by atoms with Gasteiger partial charge in [0, 0.05) is 34.8 Å². The topological polar surface area (TPSA) is 68.7 Å². The Kier molecular flexibility index (Phi) is 7.15. The second-order valence-electron chi connectivity index (χ2n) is 12.0. The fourth-order valence-corrected chi connectivity index (χ4v) is 6.18. The van der Waals surface area contributed by atoms with Crippen LogP contribution in [0.3, 0.4) is 0 Å². The van der Waals surface area contributed by atoms with Gasteiger partial charge in [0.15, 0.2) is 0 Å². The van der Waals surface area contributed by atoms with Gasteiger partial charge in [0.1, 0.15) is 17.3 Å². The van der Waals surface area contributed by atoms with E-state index in [4.69, 9.17) is 14.7 Å². The third-order valence-electron chi connectivity index (χ3n) is 8.19. The SMILES string of the molecule is Cc1cccc(C)c1-n1cnc(-c2cccc(Oc3ccc4c5cc(C#N)ccc5n(-c5ccc(CC(C)C)cn5)c4c3)c2)c1. The molecular formula is C39H33N5O. The molecule has 6 heteroatoms. The van der Waals surface area contributed by atoms with Gasteiger partial charge in [0.25, 0.3) is 0 Å². The van der Waals surface area contributed by atoms with Crippen LogP contribution in [0, 0.1) is 31.1 Å². The number of pyridine rings is 1. The van der Waals surface area contributed by atoms with Gasteiger partial charge in [-0.15, -0.1) is 0 Å². The summed E-state index contributed by atoms with van der Waals surface area (Å²) in [5.41, 5.74) is 9.20. The summed E-state index contributed by atoms with van der Waals surface area (Å²) in [6.07, 6.45) is 6.87. The van der Waals surface area contributed by atoms with Crippen LogP contribution >= 0.6 is 0 Å². The van der Waals surface area contributed by atoms with Gasteiger partial charge in [-0.3, -0.25) is 4.57 Å². The quantitative estimate of drug-likeness (QED) is 0.186. The van der Waals surface area contributed by atoms with Gasteiger partial charge in [0.2, 0.25) is 0 Å². The molecule has 0 N–H and O–H groups in total. The summed E-state index contributed by atoms with van der Waals surface area (Å²) in [5.74, 6) is 2.81. The smallest absolute Gasteiger partial charge is 0.137 e. The summed E-state index contributed by atoms with van der Waals surface area (Å²) in [7, 11) is 0. The maximum absolute atomic E-state index is 9.60. The van der Waals surface area contributed by atoms with E-state index < -0.39 is 0 Å². The van der Waals surface area contributed by atoms with Crippen molar-refractivity contribution in [2.45, 2.75) is 34.1 Å². The number of ether oxygens (including phenoxy) is 1. The number of benzene rings is 4. The van der Waals surface area contributed by atoms with Crippen molar-refractivity contribution in [3.8, 4) is 40.3 Å². The molecule has 0 saturated heterocycles. The predicted molar refractivity (Wildman–Crippen MR) is 180 cm³/mol. The minimum Gasteiger partial charge on any atom is -0.457 e. The number of nitrogens with zero attached hydrogens (tertiary/aromatic N) is 5. The van der Waals surface area contributed by atoms with Gasteiger partial charge in [-0.25, -0.2) is 9.97 Å². The lowest BCUT2D eigenvalue weighted by Gasteiger charge is -2.11. The highest BCUT2D eigenvalue weighted by Gasteiger charge is 2.16. The highest BCUT2D eigenvalue weighted by atomic mass is 16.5. The largest absolute Gasteiger partial charge is 0.457 e. The Hall–Kier alpha value is -5.67. The lowest BCUT2D eigenvalue weighted by molar-refractivity contribution is 0.483. The highest BCUT2D eigenvalue weighted by Crippen LogP contribution is 2.36. The average Bonchev–Trinajstić information content (AvgIpc) is 3.64. The Morgan fingerprint density at radius 2 is 1.60 bits per heavy atom. The molecule has 0 saturated carbocycles. The van der Waals surface area contributed by atoms with E-state index in [0.717, 1.165) is 56.7 Å². The molecule has 220 valence electrons. The Morgan fingerprint density at radius 3 is 2.36 bits per heavy atom. The van der Waals surface area contributed by atoms with Gasteiger partial charge in [0.05, 0.1) is 40.4 Å². The minimum absolute atomic E-state index is 0.557. The Balaban J connectivity index is 1.26. The van der Waals surface area contributed by atoms with E-state index in [9.17, 15) is 5.26 Å². The summed E-state index contributed by atoms with van der Waals surface area (Å²) in [6, 6.07) is 32.7. The molecule has 0 fully saturated rings. The van der Waals surface area contributed by atoms with Crippen molar-refractivity contribution < 1.29 is 4.74 Å². The molecule has 0 bridgehead atoms. The van der Waals surface area contributed by atoms with E-state index in [0.29, 0.717) is 17.2 Å². The van der Waals surface area contributed by atoms with Gasteiger partial charge < -0.3 is 9.30 Å². The van der Waals surface area contributed by atoms with Crippen molar-refractivity contribution in [2.24, 2.45) is 5.92 Å². The van der Waals surface area contributed by atoms with Crippen LogP contribution < -0.4 is 4.74 Å². The van der Waals surface area contributed by atoms with Crippen molar-refractivity contribution in [1.82, 2.24) is 19.1 Å². The van der Waals surface area contributed by atoms with Crippen molar-refractivity contribution in [3.63, 3.8) is 0 Å². The van der Waals surface area contributed by atoms with Crippen molar-refractivity contribution in [1.29, 1.82) is 5.26 Å². The van der Waals surface area contributed by atoms with Crippen molar-refractivity contribution >= 4 is 21.8 Å². The fraction of sp³-hybridized carbons (Fsp3) is 0.154. The van der Waals surface area contributed by atoms with Gasteiger partial charge >= 0.3 is 0 Å². The molecule has 6 nitrogen and oxygen atoms in total. The standard InChI is InChI=1S/C39H33N5O/c1-25(2)17-29-12-16-38(41-22-29)44-36-15-11-28(21-40)18-34(36)33-14-13-32(20-37(33)44)45-31-10-6-9-30(19-31)35-23-43(24-42-35)39-26(3)7-5-8-27(39)4/h5-16,18-20,22-25H,17H2,1-4H3. The Morgan fingerprint density at radius 1 is 0.800 bits per heavy atom. The highest BCUT2D eigenvalue weighted by molar-refractivity contribution is 6.09. The molecule has 7 aromatic rings. The van der Waals surface area contributed by atoms with E-state index in [1.165, 1.54) is 16.7 Å². The van der Waals surface area contributed by atoms with Gasteiger partial charge in [-0.1, -0.05) is 50.2 Å². The lowest BCUT2D eigenvalue weighted by atomic mass is 10.1. The molecule has 3 aromatic heterocycles. The summed E-state index contributed by atoms with van der Waals surface area (Å²) in [5, 5.41) is 11.6. The molecule has 7 rings (SSSR count). The molecular weight excluding hydrogens is 554 g/mol. The molecule has 0 spiro atoms. The maximum Gasteiger partial charge on any atom is 0.137 e. The monoisotopic (exact) mass is 587 g/mol. The van der Waals surface area contributed by atoms with E-state index >= 15 is 0 Å². The molecule has 3 heterocycles. The number of nitriles is 1. The molecule has 0 unspecified atom stereocenters. The zero-order chi connectivity index (χ0) is 31.1. The third-order valence-corrected chi connectivity index (χ3v) is 8.19. The molecule has 0 amide bonds. The zero-order valence-electron chi connectivity index (χ0n) is 25.8. The number of hydrogen-bond donors (Lipinski definition) is 0. The molecule has 0 radical (unpaired) electrons. The predicted octanol–water partition coefficient (Wildman–Crippen LogP) is 9.51. The van der Waals surface area contributed by atoms with Crippen LogP contribution in [0.2, 0.25) is 0 Å². The van der Waals surface area contributed by atoms with Crippen LogP contribution in [0.25, 0.3) is 44.6 Å². The number of aryl methyl sites for hydroxylation is 2. The van der Waals surface area contributed by atoms with Gasteiger partial charge in [-0.05, 0) is 91.4 Å².